The molecule has 3 rings (SSSR count). The van der Waals surface area contributed by atoms with Gasteiger partial charge in [-0.2, -0.15) is 0 Å². The number of benzene rings is 2. The average Bonchev–Trinajstić information content (AvgIpc) is 3.03. The topological polar surface area (TPSA) is 55.1 Å². The Morgan fingerprint density at radius 3 is 2.61 bits per heavy atom. The maximum atomic E-state index is 12.7. The molecule has 120 valence electrons. The van der Waals surface area contributed by atoms with E-state index in [0.29, 0.717) is 12.5 Å². The van der Waals surface area contributed by atoms with Crippen molar-refractivity contribution >= 4 is 17.7 Å². The minimum atomic E-state index is 0.00869. The molecular weight excluding hydrogens is 304 g/mol. The van der Waals surface area contributed by atoms with Gasteiger partial charge in [0, 0.05) is 15.8 Å². The maximum absolute atomic E-state index is 12.7. The van der Waals surface area contributed by atoms with Crippen LogP contribution in [0.2, 0.25) is 0 Å². The summed E-state index contributed by atoms with van der Waals surface area (Å²) >= 11 is 1.62. The highest BCUT2D eigenvalue weighted by molar-refractivity contribution is 7.99. The van der Waals surface area contributed by atoms with E-state index in [4.69, 9.17) is 5.73 Å². The monoisotopic (exact) mass is 326 g/mol. The van der Waals surface area contributed by atoms with Crippen LogP contribution in [0.25, 0.3) is 0 Å². The van der Waals surface area contributed by atoms with Crippen molar-refractivity contribution in [2.24, 2.45) is 11.7 Å². The van der Waals surface area contributed by atoms with Gasteiger partial charge in [0.2, 0.25) is 0 Å². The molecule has 1 aliphatic carbocycles. The van der Waals surface area contributed by atoms with Crippen LogP contribution in [0.4, 0.5) is 0 Å². The van der Waals surface area contributed by atoms with Crippen molar-refractivity contribution in [1.82, 2.24) is 5.32 Å². The zero-order chi connectivity index (χ0) is 16.1. The van der Waals surface area contributed by atoms with Crippen molar-refractivity contribution < 1.29 is 4.79 Å². The third-order valence-electron chi connectivity index (χ3n) is 4.38. The molecule has 1 fully saturated rings. The van der Waals surface area contributed by atoms with Crippen molar-refractivity contribution in [3.05, 3.63) is 60.2 Å². The maximum Gasteiger partial charge on any atom is 0.252 e. The van der Waals surface area contributed by atoms with E-state index < -0.39 is 0 Å². The second-order valence-electron chi connectivity index (χ2n) is 5.92. The Hall–Kier alpha value is -1.78. The zero-order valence-corrected chi connectivity index (χ0v) is 13.9. The second kappa shape index (κ2) is 7.66. The summed E-state index contributed by atoms with van der Waals surface area (Å²) in [5.41, 5.74) is 6.56. The van der Waals surface area contributed by atoms with Crippen LogP contribution in [-0.2, 0) is 0 Å². The molecule has 0 aliphatic heterocycles. The second-order valence-corrected chi connectivity index (χ2v) is 7.03. The van der Waals surface area contributed by atoms with E-state index in [1.165, 1.54) is 0 Å². The number of carbonyl (C=O) groups excluding carboxylic acids is 1. The first-order valence-electron chi connectivity index (χ1n) is 8.11. The van der Waals surface area contributed by atoms with Crippen molar-refractivity contribution in [1.29, 1.82) is 0 Å². The molecular formula is C19H22N2OS. The highest BCUT2D eigenvalue weighted by Gasteiger charge is 2.28. The molecule has 0 radical (unpaired) electrons. The van der Waals surface area contributed by atoms with Gasteiger partial charge >= 0.3 is 0 Å². The van der Waals surface area contributed by atoms with Crippen LogP contribution in [0.15, 0.2) is 64.4 Å². The number of amides is 1. The smallest absolute Gasteiger partial charge is 0.252 e. The van der Waals surface area contributed by atoms with Gasteiger partial charge < -0.3 is 11.1 Å². The van der Waals surface area contributed by atoms with E-state index in [0.717, 1.165) is 34.6 Å². The van der Waals surface area contributed by atoms with E-state index >= 15 is 0 Å². The molecule has 2 aromatic carbocycles. The minimum absolute atomic E-state index is 0.00869. The van der Waals surface area contributed by atoms with E-state index in [1.807, 2.05) is 42.5 Å². The van der Waals surface area contributed by atoms with Gasteiger partial charge in [-0.3, -0.25) is 4.79 Å². The third-order valence-corrected chi connectivity index (χ3v) is 5.46. The first-order chi connectivity index (χ1) is 11.3. The number of hydrogen-bond donors (Lipinski definition) is 2. The van der Waals surface area contributed by atoms with Gasteiger partial charge in [-0.25, -0.2) is 0 Å². The number of nitrogens with two attached hydrogens (primary N) is 1. The van der Waals surface area contributed by atoms with Gasteiger partial charge in [0.05, 0.1) is 5.56 Å². The fraction of sp³-hybridized carbons (Fsp3) is 0.316. The number of rotatable bonds is 5. The van der Waals surface area contributed by atoms with Crippen LogP contribution >= 0.6 is 11.8 Å². The summed E-state index contributed by atoms with van der Waals surface area (Å²) in [6.45, 7) is 0.644. The Bertz CT molecular complexity index is 659. The first-order valence-corrected chi connectivity index (χ1v) is 8.92. The van der Waals surface area contributed by atoms with E-state index in [9.17, 15) is 4.79 Å². The molecule has 0 spiro atoms. The van der Waals surface area contributed by atoms with Gasteiger partial charge in [0.1, 0.15) is 0 Å². The molecule has 3 nitrogen and oxygen atoms in total. The summed E-state index contributed by atoms with van der Waals surface area (Å²) in [5.74, 6) is 0.419. The lowest BCUT2D eigenvalue weighted by Gasteiger charge is -2.20. The van der Waals surface area contributed by atoms with Gasteiger partial charge in [0.25, 0.3) is 5.91 Å². The summed E-state index contributed by atoms with van der Waals surface area (Å²) < 4.78 is 0. The molecule has 0 saturated heterocycles. The largest absolute Gasteiger partial charge is 0.349 e. The van der Waals surface area contributed by atoms with Gasteiger partial charge in [0.15, 0.2) is 0 Å². The van der Waals surface area contributed by atoms with Crippen LogP contribution in [0, 0.1) is 5.92 Å². The minimum Gasteiger partial charge on any atom is -0.349 e. The van der Waals surface area contributed by atoms with E-state index in [2.05, 4.69) is 17.4 Å². The summed E-state index contributed by atoms with van der Waals surface area (Å²) in [6.07, 6.45) is 3.29. The number of hydrogen-bond acceptors (Lipinski definition) is 3. The van der Waals surface area contributed by atoms with Gasteiger partial charge in [-0.1, -0.05) is 48.5 Å². The van der Waals surface area contributed by atoms with E-state index in [-0.39, 0.29) is 11.9 Å². The number of carbonyl (C=O) groups is 1. The SMILES string of the molecule is NCC1CCCC1NC(=O)c1ccccc1Sc1ccccc1. The Balaban J connectivity index is 1.75. The Morgan fingerprint density at radius 2 is 1.83 bits per heavy atom. The Kier molecular flexibility index (Phi) is 5.36. The predicted molar refractivity (Wildman–Crippen MR) is 94.7 cm³/mol. The summed E-state index contributed by atoms with van der Waals surface area (Å²) in [4.78, 5) is 14.8. The molecule has 0 heterocycles. The third kappa shape index (κ3) is 3.95. The van der Waals surface area contributed by atoms with Crippen LogP contribution < -0.4 is 11.1 Å². The molecule has 1 aliphatic rings. The lowest BCUT2D eigenvalue weighted by Crippen LogP contribution is -2.40. The molecule has 23 heavy (non-hydrogen) atoms. The number of nitrogens with one attached hydrogen (secondary N) is 1. The van der Waals surface area contributed by atoms with Crippen LogP contribution in [0.1, 0.15) is 29.6 Å². The lowest BCUT2D eigenvalue weighted by atomic mass is 10.0. The standard InChI is InChI=1S/C19H22N2OS/c20-13-14-7-6-11-17(14)21-19(22)16-10-4-5-12-18(16)23-15-8-2-1-3-9-15/h1-5,8-10,12,14,17H,6-7,11,13,20H2,(H,21,22). The molecule has 3 N–H and O–H groups in total. The predicted octanol–water partition coefficient (Wildman–Crippen LogP) is 3.70. The van der Waals surface area contributed by atoms with Crippen molar-refractivity contribution in [2.45, 2.75) is 35.1 Å². The first kappa shape index (κ1) is 16.1. The molecule has 4 heteroatoms. The molecule has 2 atom stereocenters. The average molecular weight is 326 g/mol. The van der Waals surface area contributed by atoms with Gasteiger partial charge in [-0.05, 0) is 49.6 Å². The quantitative estimate of drug-likeness (QED) is 0.881. The molecule has 2 aromatic rings. The molecule has 0 aromatic heterocycles. The van der Waals surface area contributed by atoms with Gasteiger partial charge in [-0.15, -0.1) is 0 Å². The summed E-state index contributed by atoms with van der Waals surface area (Å²) in [7, 11) is 0. The van der Waals surface area contributed by atoms with Crippen LogP contribution in [-0.4, -0.2) is 18.5 Å². The fourth-order valence-corrected chi connectivity index (χ4v) is 4.08. The summed E-state index contributed by atoms with van der Waals surface area (Å²) in [6, 6.07) is 18.1. The Labute approximate surface area is 141 Å². The summed E-state index contributed by atoms with van der Waals surface area (Å²) in [5, 5.41) is 3.19. The van der Waals surface area contributed by atoms with E-state index in [1.54, 1.807) is 11.8 Å². The zero-order valence-electron chi connectivity index (χ0n) is 13.1. The highest BCUT2D eigenvalue weighted by atomic mass is 32.2. The Morgan fingerprint density at radius 1 is 1.09 bits per heavy atom. The highest BCUT2D eigenvalue weighted by Crippen LogP contribution is 2.31. The molecule has 2 unspecified atom stereocenters. The normalized spacial score (nSPS) is 20.4. The molecule has 0 bridgehead atoms. The molecule has 1 saturated carbocycles. The van der Waals surface area contributed by atoms with Crippen molar-refractivity contribution in [3.63, 3.8) is 0 Å². The lowest BCUT2D eigenvalue weighted by molar-refractivity contribution is 0.0926. The van der Waals surface area contributed by atoms with Crippen molar-refractivity contribution in [3.8, 4) is 0 Å². The van der Waals surface area contributed by atoms with Crippen LogP contribution in [0.5, 0.6) is 0 Å². The molecule has 1 amide bonds. The van der Waals surface area contributed by atoms with Crippen LogP contribution in [0.3, 0.4) is 0 Å². The van der Waals surface area contributed by atoms with Crippen molar-refractivity contribution in [2.75, 3.05) is 6.54 Å². The fourth-order valence-electron chi connectivity index (χ4n) is 3.11.